The molecule has 120 valence electrons. The minimum Gasteiger partial charge on any atom is -0.368 e. The van der Waals surface area contributed by atoms with E-state index in [0.717, 1.165) is 30.8 Å². The summed E-state index contributed by atoms with van der Waals surface area (Å²) < 4.78 is 0. The first-order valence-electron chi connectivity index (χ1n) is 7.87. The first-order chi connectivity index (χ1) is 11.3. The fourth-order valence-corrected chi connectivity index (χ4v) is 3.08. The highest BCUT2D eigenvalue weighted by molar-refractivity contribution is 5.81. The first kappa shape index (κ1) is 15.4. The molecule has 1 aromatic carbocycles. The van der Waals surface area contributed by atoms with Gasteiger partial charge in [-0.15, -0.1) is 5.10 Å². The maximum absolute atomic E-state index is 11.8. The van der Waals surface area contributed by atoms with Gasteiger partial charge in [-0.25, -0.2) is 0 Å². The molecule has 1 fully saturated rings. The van der Waals surface area contributed by atoms with Crippen LogP contribution in [0.4, 0.5) is 5.82 Å². The van der Waals surface area contributed by atoms with E-state index in [0.29, 0.717) is 6.54 Å². The van der Waals surface area contributed by atoms with Gasteiger partial charge >= 0.3 is 0 Å². The maximum Gasteiger partial charge on any atom is 0.239 e. The van der Waals surface area contributed by atoms with Crippen LogP contribution in [0.25, 0.3) is 0 Å². The molecule has 0 saturated carbocycles. The average Bonchev–Trinajstić information content (AvgIpc) is 3.05. The number of hydrogen-bond donors (Lipinski definition) is 2. The zero-order valence-corrected chi connectivity index (χ0v) is 12.9. The summed E-state index contributed by atoms with van der Waals surface area (Å²) in [6.45, 7) is 1.64. The van der Waals surface area contributed by atoms with Crippen molar-refractivity contribution in [1.29, 1.82) is 0 Å². The summed E-state index contributed by atoms with van der Waals surface area (Å²) in [6, 6.07) is 13.2. The Morgan fingerprint density at radius 2 is 2.13 bits per heavy atom. The van der Waals surface area contributed by atoms with Crippen molar-refractivity contribution in [3.8, 4) is 0 Å². The maximum atomic E-state index is 11.8. The second-order valence-electron chi connectivity index (χ2n) is 5.73. The SMILES string of the molecule is NC(=O)C(NCC1CCCN1c1cccnn1)c1ccccc1. The van der Waals surface area contributed by atoms with Gasteiger partial charge in [-0.3, -0.25) is 4.79 Å². The summed E-state index contributed by atoms with van der Waals surface area (Å²) in [5, 5.41) is 11.4. The van der Waals surface area contributed by atoms with Gasteiger partial charge in [0.25, 0.3) is 0 Å². The fourth-order valence-electron chi connectivity index (χ4n) is 3.08. The van der Waals surface area contributed by atoms with E-state index in [4.69, 9.17) is 5.73 Å². The lowest BCUT2D eigenvalue weighted by atomic mass is 10.1. The number of aromatic nitrogens is 2. The Morgan fingerprint density at radius 3 is 2.83 bits per heavy atom. The van der Waals surface area contributed by atoms with Crippen LogP contribution < -0.4 is 16.0 Å². The molecule has 1 amide bonds. The number of nitrogens with zero attached hydrogens (tertiary/aromatic N) is 3. The quantitative estimate of drug-likeness (QED) is 0.839. The largest absolute Gasteiger partial charge is 0.368 e. The Morgan fingerprint density at radius 1 is 1.30 bits per heavy atom. The molecule has 3 N–H and O–H groups in total. The van der Waals surface area contributed by atoms with Crippen LogP contribution in [0.2, 0.25) is 0 Å². The molecule has 6 nitrogen and oxygen atoms in total. The minimum atomic E-state index is -0.472. The summed E-state index contributed by atoms with van der Waals surface area (Å²) in [5.74, 6) is 0.521. The van der Waals surface area contributed by atoms with Crippen molar-refractivity contribution in [3.63, 3.8) is 0 Å². The molecule has 6 heteroatoms. The Balaban J connectivity index is 1.67. The van der Waals surface area contributed by atoms with Crippen LogP contribution in [-0.2, 0) is 4.79 Å². The number of rotatable bonds is 6. The molecule has 2 aromatic rings. The molecule has 1 saturated heterocycles. The zero-order valence-electron chi connectivity index (χ0n) is 12.9. The number of benzene rings is 1. The average molecular weight is 311 g/mol. The van der Waals surface area contributed by atoms with Crippen LogP contribution in [0.1, 0.15) is 24.4 Å². The van der Waals surface area contributed by atoms with Crippen LogP contribution >= 0.6 is 0 Å². The predicted molar refractivity (Wildman–Crippen MR) is 88.8 cm³/mol. The van der Waals surface area contributed by atoms with Gasteiger partial charge in [0.1, 0.15) is 6.04 Å². The molecule has 0 bridgehead atoms. The molecule has 23 heavy (non-hydrogen) atoms. The second-order valence-corrected chi connectivity index (χ2v) is 5.73. The predicted octanol–water partition coefficient (Wildman–Crippen LogP) is 1.26. The van der Waals surface area contributed by atoms with E-state index >= 15 is 0 Å². The monoisotopic (exact) mass is 311 g/mol. The Hall–Kier alpha value is -2.47. The lowest BCUT2D eigenvalue weighted by Gasteiger charge is -2.27. The van der Waals surface area contributed by atoms with Crippen molar-refractivity contribution in [1.82, 2.24) is 15.5 Å². The summed E-state index contributed by atoms with van der Waals surface area (Å²) >= 11 is 0. The number of nitrogens with two attached hydrogens (primary N) is 1. The van der Waals surface area contributed by atoms with Gasteiger partial charge in [0, 0.05) is 25.3 Å². The number of primary amides is 1. The molecule has 1 aromatic heterocycles. The highest BCUT2D eigenvalue weighted by atomic mass is 16.1. The Bertz CT molecular complexity index is 634. The summed E-state index contributed by atoms with van der Waals surface area (Å²) in [7, 11) is 0. The lowest BCUT2D eigenvalue weighted by Crippen LogP contribution is -2.43. The van der Waals surface area contributed by atoms with Crippen molar-refractivity contribution in [2.45, 2.75) is 24.9 Å². The number of nitrogens with one attached hydrogen (secondary N) is 1. The Labute approximate surface area is 135 Å². The summed E-state index contributed by atoms with van der Waals surface area (Å²) in [6.07, 6.45) is 3.84. The molecule has 3 rings (SSSR count). The van der Waals surface area contributed by atoms with Gasteiger partial charge < -0.3 is 16.0 Å². The van der Waals surface area contributed by atoms with Gasteiger partial charge in [0.05, 0.1) is 0 Å². The van der Waals surface area contributed by atoms with Crippen molar-refractivity contribution >= 4 is 11.7 Å². The van der Waals surface area contributed by atoms with E-state index in [1.807, 2.05) is 42.5 Å². The molecule has 2 unspecified atom stereocenters. The third-order valence-corrected chi connectivity index (χ3v) is 4.20. The van der Waals surface area contributed by atoms with Crippen LogP contribution in [-0.4, -0.2) is 35.2 Å². The number of anilines is 1. The number of hydrogen-bond acceptors (Lipinski definition) is 5. The van der Waals surface area contributed by atoms with E-state index < -0.39 is 6.04 Å². The van der Waals surface area contributed by atoms with Crippen molar-refractivity contribution in [3.05, 3.63) is 54.2 Å². The second kappa shape index (κ2) is 7.19. The van der Waals surface area contributed by atoms with E-state index in [2.05, 4.69) is 20.4 Å². The molecule has 1 aliphatic heterocycles. The van der Waals surface area contributed by atoms with E-state index in [9.17, 15) is 4.79 Å². The molecular formula is C17H21N5O. The van der Waals surface area contributed by atoms with Crippen LogP contribution in [0.15, 0.2) is 48.7 Å². The Kier molecular flexibility index (Phi) is 4.83. The third kappa shape index (κ3) is 3.65. The van der Waals surface area contributed by atoms with Crippen LogP contribution in [0.5, 0.6) is 0 Å². The summed E-state index contributed by atoms with van der Waals surface area (Å²) in [4.78, 5) is 14.0. The fraction of sp³-hybridized carbons (Fsp3) is 0.353. The highest BCUT2D eigenvalue weighted by Gasteiger charge is 2.27. The van der Waals surface area contributed by atoms with Crippen molar-refractivity contribution in [2.24, 2.45) is 5.73 Å². The molecule has 0 spiro atoms. The smallest absolute Gasteiger partial charge is 0.239 e. The third-order valence-electron chi connectivity index (χ3n) is 4.20. The lowest BCUT2D eigenvalue weighted by molar-refractivity contribution is -0.120. The number of carbonyl (C=O) groups excluding carboxylic acids is 1. The molecule has 0 radical (unpaired) electrons. The highest BCUT2D eigenvalue weighted by Crippen LogP contribution is 2.23. The van der Waals surface area contributed by atoms with Crippen molar-refractivity contribution < 1.29 is 4.79 Å². The summed E-state index contributed by atoms with van der Waals surface area (Å²) in [5.41, 5.74) is 6.45. The molecule has 2 heterocycles. The van der Waals surface area contributed by atoms with Gasteiger partial charge in [-0.05, 0) is 30.5 Å². The van der Waals surface area contributed by atoms with E-state index in [1.54, 1.807) is 6.20 Å². The van der Waals surface area contributed by atoms with Crippen LogP contribution in [0, 0.1) is 0 Å². The van der Waals surface area contributed by atoms with E-state index in [-0.39, 0.29) is 11.9 Å². The van der Waals surface area contributed by atoms with Gasteiger partial charge in [0.15, 0.2) is 5.82 Å². The standard InChI is InChI=1S/C17H21N5O/c18-17(23)16(13-6-2-1-3-7-13)19-12-14-8-5-11-22(14)15-9-4-10-20-21-15/h1-4,6-7,9-10,14,16,19H,5,8,11-12H2,(H2,18,23). The van der Waals surface area contributed by atoms with Gasteiger partial charge in [0.2, 0.25) is 5.91 Å². The van der Waals surface area contributed by atoms with Gasteiger partial charge in [-0.2, -0.15) is 5.10 Å². The molecular weight excluding hydrogens is 290 g/mol. The topological polar surface area (TPSA) is 84.1 Å². The van der Waals surface area contributed by atoms with E-state index in [1.165, 1.54) is 0 Å². The van der Waals surface area contributed by atoms with Gasteiger partial charge in [-0.1, -0.05) is 30.3 Å². The normalized spacial score (nSPS) is 18.8. The molecule has 2 atom stereocenters. The molecule has 1 aliphatic rings. The minimum absolute atomic E-state index is 0.289. The van der Waals surface area contributed by atoms with Crippen molar-refractivity contribution in [2.75, 3.05) is 18.0 Å². The number of carbonyl (C=O) groups is 1. The number of amides is 1. The molecule has 0 aliphatic carbocycles. The zero-order chi connectivity index (χ0) is 16.1. The van der Waals surface area contributed by atoms with Crippen LogP contribution in [0.3, 0.4) is 0 Å². The first-order valence-corrected chi connectivity index (χ1v) is 7.87.